The predicted octanol–water partition coefficient (Wildman–Crippen LogP) is 3.97. The molecule has 18 heavy (non-hydrogen) atoms. The van der Waals surface area contributed by atoms with Gasteiger partial charge < -0.3 is 5.11 Å². The van der Waals surface area contributed by atoms with Gasteiger partial charge in [-0.05, 0) is 24.5 Å². The molecule has 1 aromatic rings. The van der Waals surface area contributed by atoms with E-state index >= 15 is 0 Å². The van der Waals surface area contributed by atoms with Crippen LogP contribution in [0.3, 0.4) is 0 Å². The van der Waals surface area contributed by atoms with E-state index in [4.69, 9.17) is 0 Å². The molecule has 2 atom stereocenters. The quantitative estimate of drug-likeness (QED) is 0.898. The summed E-state index contributed by atoms with van der Waals surface area (Å²) in [4.78, 5) is 1.14. The zero-order valence-corrected chi connectivity index (χ0v) is 10.6. The van der Waals surface area contributed by atoms with Crippen LogP contribution >= 0.6 is 11.8 Å². The van der Waals surface area contributed by atoms with Crippen LogP contribution in [0.25, 0.3) is 0 Å². The van der Waals surface area contributed by atoms with Crippen LogP contribution in [-0.2, 0) is 0 Å². The minimum absolute atomic E-state index is 0.00595. The number of hydrogen-bond donors (Lipinski definition) is 1. The maximum atomic E-state index is 12.0. The maximum Gasteiger partial charge on any atom is 0.389 e. The number of aliphatic hydroxyl groups is 1. The van der Waals surface area contributed by atoms with Gasteiger partial charge in [-0.3, -0.25) is 0 Å². The van der Waals surface area contributed by atoms with Crippen molar-refractivity contribution in [2.75, 3.05) is 5.75 Å². The van der Waals surface area contributed by atoms with Gasteiger partial charge in [-0.25, -0.2) is 0 Å². The lowest BCUT2D eigenvalue weighted by Crippen LogP contribution is -2.19. The largest absolute Gasteiger partial charge is 0.392 e. The molecule has 0 aliphatic carbocycles. The Hall–Kier alpha value is -0.680. The van der Waals surface area contributed by atoms with Crippen LogP contribution < -0.4 is 0 Å². The molecule has 1 nitrogen and oxygen atoms in total. The average Bonchev–Trinajstić information content (AvgIpc) is 2.70. The van der Waals surface area contributed by atoms with Crippen molar-refractivity contribution < 1.29 is 18.3 Å². The Balaban J connectivity index is 1.89. The Morgan fingerprint density at radius 3 is 2.78 bits per heavy atom. The summed E-state index contributed by atoms with van der Waals surface area (Å²) in [6, 6.07) is 7.78. The average molecular weight is 276 g/mol. The lowest BCUT2D eigenvalue weighted by Gasteiger charge is -2.18. The van der Waals surface area contributed by atoms with Gasteiger partial charge in [0.1, 0.15) is 0 Å². The Kier molecular flexibility index (Phi) is 4.22. The minimum atomic E-state index is -4.12. The zero-order chi connectivity index (χ0) is 13.2. The van der Waals surface area contributed by atoms with Gasteiger partial charge in [-0.1, -0.05) is 18.2 Å². The topological polar surface area (TPSA) is 20.2 Å². The summed E-state index contributed by atoms with van der Waals surface area (Å²) >= 11 is 1.66. The standard InChI is InChI=1S/C13H15F3OS/c14-13(15,16)7-3-5-11(17)10-8-18-12-6-2-1-4-9(10)12/h1-2,4,6,10-11,17H,3,5,7-8H2. The summed E-state index contributed by atoms with van der Waals surface area (Å²) in [5, 5.41) is 10.0. The van der Waals surface area contributed by atoms with Crippen LogP contribution in [0.15, 0.2) is 29.2 Å². The first kappa shape index (κ1) is 13.7. The van der Waals surface area contributed by atoms with Crippen LogP contribution in [-0.4, -0.2) is 23.1 Å². The fraction of sp³-hybridized carbons (Fsp3) is 0.538. The van der Waals surface area contributed by atoms with E-state index in [1.165, 1.54) is 0 Å². The highest BCUT2D eigenvalue weighted by molar-refractivity contribution is 7.99. The normalized spacial score (nSPS) is 20.8. The summed E-state index contributed by atoms with van der Waals surface area (Å²) in [5.74, 6) is 0.728. The van der Waals surface area contributed by atoms with E-state index in [9.17, 15) is 18.3 Å². The Labute approximate surface area is 108 Å². The monoisotopic (exact) mass is 276 g/mol. The molecule has 1 aliphatic rings. The van der Waals surface area contributed by atoms with Gasteiger partial charge in [0.25, 0.3) is 0 Å². The predicted molar refractivity (Wildman–Crippen MR) is 65.8 cm³/mol. The highest BCUT2D eigenvalue weighted by atomic mass is 32.2. The zero-order valence-electron chi connectivity index (χ0n) is 9.78. The van der Waals surface area contributed by atoms with Gasteiger partial charge in [0.05, 0.1) is 6.10 Å². The number of thioether (sulfide) groups is 1. The third kappa shape index (κ3) is 3.42. The molecular weight excluding hydrogens is 261 g/mol. The van der Waals surface area contributed by atoms with E-state index in [1.54, 1.807) is 11.8 Å². The van der Waals surface area contributed by atoms with Crippen LogP contribution in [0.1, 0.15) is 30.7 Å². The third-order valence-corrected chi connectivity index (χ3v) is 4.37. The number of fused-ring (bicyclic) bond motifs is 1. The summed E-state index contributed by atoms with van der Waals surface area (Å²) in [6.07, 6.45) is -5.41. The second-order valence-corrected chi connectivity index (χ2v) is 5.59. The molecule has 1 N–H and O–H groups in total. The van der Waals surface area contributed by atoms with Crippen LogP contribution in [0, 0.1) is 0 Å². The molecule has 0 aromatic heterocycles. The molecule has 2 rings (SSSR count). The van der Waals surface area contributed by atoms with Crippen LogP contribution in [0.4, 0.5) is 13.2 Å². The molecule has 0 fully saturated rings. The fourth-order valence-corrected chi connectivity index (χ4v) is 3.54. The summed E-state index contributed by atoms with van der Waals surface area (Å²) < 4.78 is 36.1. The number of benzene rings is 1. The lowest BCUT2D eigenvalue weighted by atomic mass is 9.92. The SMILES string of the molecule is OC(CCCC(F)(F)F)C1CSc2ccccc21. The number of rotatable bonds is 4. The van der Waals surface area contributed by atoms with Gasteiger partial charge in [0.2, 0.25) is 0 Å². The number of aliphatic hydroxyl groups excluding tert-OH is 1. The molecule has 0 bridgehead atoms. The molecule has 1 aromatic carbocycles. The van der Waals surface area contributed by atoms with E-state index in [1.807, 2.05) is 24.3 Å². The van der Waals surface area contributed by atoms with Gasteiger partial charge >= 0.3 is 6.18 Å². The minimum Gasteiger partial charge on any atom is -0.392 e. The van der Waals surface area contributed by atoms with E-state index in [0.29, 0.717) is 0 Å². The number of alkyl halides is 3. The number of halogens is 3. The molecular formula is C13H15F3OS. The fourth-order valence-electron chi connectivity index (χ4n) is 2.22. The third-order valence-electron chi connectivity index (χ3n) is 3.16. The first-order valence-corrected chi connectivity index (χ1v) is 6.92. The maximum absolute atomic E-state index is 12.0. The summed E-state index contributed by atoms with van der Waals surface area (Å²) in [5.41, 5.74) is 1.07. The molecule has 0 saturated carbocycles. The first-order valence-electron chi connectivity index (χ1n) is 5.94. The van der Waals surface area contributed by atoms with E-state index in [-0.39, 0.29) is 18.8 Å². The van der Waals surface area contributed by atoms with E-state index in [2.05, 4.69) is 0 Å². The Morgan fingerprint density at radius 1 is 1.33 bits per heavy atom. The van der Waals surface area contributed by atoms with Gasteiger partial charge in [0.15, 0.2) is 0 Å². The van der Waals surface area contributed by atoms with Crippen molar-refractivity contribution in [2.24, 2.45) is 0 Å². The molecule has 1 aliphatic heterocycles. The second-order valence-electron chi connectivity index (χ2n) is 4.53. The van der Waals surface area contributed by atoms with E-state index in [0.717, 1.165) is 16.2 Å². The van der Waals surface area contributed by atoms with E-state index < -0.39 is 18.7 Å². The molecule has 0 spiro atoms. The van der Waals surface area contributed by atoms with Crippen LogP contribution in [0.5, 0.6) is 0 Å². The van der Waals surface area contributed by atoms with Crippen molar-refractivity contribution in [3.05, 3.63) is 29.8 Å². The van der Waals surface area contributed by atoms with Gasteiger partial charge in [-0.15, -0.1) is 11.8 Å². The number of hydrogen-bond acceptors (Lipinski definition) is 2. The molecule has 0 amide bonds. The van der Waals surface area contributed by atoms with Crippen molar-refractivity contribution in [2.45, 2.75) is 42.4 Å². The highest BCUT2D eigenvalue weighted by Gasteiger charge is 2.31. The second kappa shape index (κ2) is 5.53. The summed E-state index contributed by atoms with van der Waals surface area (Å²) in [7, 11) is 0. The van der Waals surface area contributed by atoms with Crippen molar-refractivity contribution >= 4 is 11.8 Å². The Bertz CT molecular complexity index is 405. The molecule has 100 valence electrons. The van der Waals surface area contributed by atoms with Crippen molar-refractivity contribution in [1.29, 1.82) is 0 Å². The van der Waals surface area contributed by atoms with Crippen molar-refractivity contribution in [3.8, 4) is 0 Å². The molecule has 1 heterocycles. The van der Waals surface area contributed by atoms with Crippen molar-refractivity contribution in [1.82, 2.24) is 0 Å². The molecule has 0 radical (unpaired) electrons. The van der Waals surface area contributed by atoms with Gasteiger partial charge in [0, 0.05) is 23.0 Å². The molecule has 2 unspecified atom stereocenters. The first-order chi connectivity index (χ1) is 8.47. The highest BCUT2D eigenvalue weighted by Crippen LogP contribution is 2.42. The smallest absolute Gasteiger partial charge is 0.389 e. The summed E-state index contributed by atoms with van der Waals surface area (Å²) in [6.45, 7) is 0. The Morgan fingerprint density at radius 2 is 2.06 bits per heavy atom. The van der Waals surface area contributed by atoms with Crippen LogP contribution in [0.2, 0.25) is 0 Å². The van der Waals surface area contributed by atoms with Crippen molar-refractivity contribution in [3.63, 3.8) is 0 Å². The molecule has 5 heteroatoms. The van der Waals surface area contributed by atoms with Gasteiger partial charge in [-0.2, -0.15) is 13.2 Å². The molecule has 0 saturated heterocycles. The lowest BCUT2D eigenvalue weighted by molar-refractivity contribution is -0.136.